The van der Waals surface area contributed by atoms with Crippen LogP contribution in [0.25, 0.3) is 0 Å². The van der Waals surface area contributed by atoms with Crippen LogP contribution >= 0.6 is 0 Å². The van der Waals surface area contributed by atoms with Crippen LogP contribution in [-0.2, 0) is 9.84 Å². The van der Waals surface area contributed by atoms with Crippen LogP contribution in [0.2, 0.25) is 0 Å². The van der Waals surface area contributed by atoms with Gasteiger partial charge in [0.05, 0.1) is 11.0 Å². The Morgan fingerprint density at radius 2 is 1.70 bits per heavy atom. The Morgan fingerprint density at radius 3 is 2.30 bits per heavy atom. The van der Waals surface area contributed by atoms with E-state index in [2.05, 4.69) is 0 Å². The fraction of sp³-hybridized carbons (Fsp3) is 0.294. The third-order valence-electron chi connectivity index (χ3n) is 3.49. The quantitative estimate of drug-likeness (QED) is 0.843. The number of benzene rings is 2. The zero-order valence-electron chi connectivity index (χ0n) is 12.7. The zero-order chi connectivity index (χ0) is 16.9. The van der Waals surface area contributed by atoms with Gasteiger partial charge in [0.2, 0.25) is 0 Å². The van der Waals surface area contributed by atoms with Crippen LogP contribution in [0.5, 0.6) is 5.75 Å². The maximum atomic E-state index is 12.8. The van der Waals surface area contributed by atoms with E-state index in [4.69, 9.17) is 4.74 Å². The highest BCUT2D eigenvalue weighted by Crippen LogP contribution is 2.23. The molecule has 124 valence electrons. The Labute approximate surface area is 135 Å². The van der Waals surface area contributed by atoms with Gasteiger partial charge in [0.25, 0.3) is 0 Å². The molecule has 0 amide bonds. The first kappa shape index (κ1) is 17.4. The molecule has 0 heterocycles. The van der Waals surface area contributed by atoms with Crippen molar-refractivity contribution in [3.8, 4) is 5.75 Å². The molecule has 0 aliphatic carbocycles. The molecule has 0 aliphatic heterocycles. The van der Waals surface area contributed by atoms with Crippen molar-refractivity contribution in [2.24, 2.45) is 0 Å². The summed E-state index contributed by atoms with van der Waals surface area (Å²) in [7, 11) is -3.51. The summed E-state index contributed by atoms with van der Waals surface area (Å²) in [4.78, 5) is 0. The molecule has 0 fully saturated rings. The number of aliphatic hydroxyl groups excluding tert-OH is 1. The normalized spacial score (nSPS) is 14.2. The third kappa shape index (κ3) is 5.04. The minimum Gasteiger partial charge on any atom is -0.491 e. The van der Waals surface area contributed by atoms with Crippen LogP contribution in [0.15, 0.2) is 54.6 Å². The Hall–Kier alpha value is -1.92. The standard InChI is InChI=1S/C17H19FO4S/c1-13(14-5-3-2-4-6-14)23(20,21)12-16(19)11-22-17-9-7-15(18)8-10-17/h2-10,13,16,19H,11-12H2,1H3. The van der Waals surface area contributed by atoms with Crippen molar-refractivity contribution in [3.05, 3.63) is 66.0 Å². The van der Waals surface area contributed by atoms with Gasteiger partial charge < -0.3 is 9.84 Å². The van der Waals surface area contributed by atoms with Gasteiger partial charge in [-0.3, -0.25) is 0 Å². The molecule has 0 spiro atoms. The van der Waals surface area contributed by atoms with Crippen LogP contribution in [0.3, 0.4) is 0 Å². The van der Waals surface area contributed by atoms with Crippen molar-refractivity contribution in [1.82, 2.24) is 0 Å². The summed E-state index contributed by atoms with van der Waals surface area (Å²) in [6.07, 6.45) is -1.16. The summed E-state index contributed by atoms with van der Waals surface area (Å²) in [6, 6.07) is 14.1. The molecule has 0 saturated heterocycles. The van der Waals surface area contributed by atoms with Gasteiger partial charge in [-0.25, -0.2) is 12.8 Å². The molecule has 4 nitrogen and oxygen atoms in total. The molecule has 0 bridgehead atoms. The monoisotopic (exact) mass is 338 g/mol. The van der Waals surface area contributed by atoms with Crippen molar-refractivity contribution in [1.29, 1.82) is 0 Å². The first-order valence-corrected chi connectivity index (χ1v) is 8.93. The summed E-state index contributed by atoms with van der Waals surface area (Å²) >= 11 is 0. The number of sulfone groups is 1. The fourth-order valence-corrected chi connectivity index (χ4v) is 3.61. The first-order chi connectivity index (χ1) is 10.9. The van der Waals surface area contributed by atoms with Crippen LogP contribution in [-0.4, -0.2) is 32.0 Å². The molecule has 0 radical (unpaired) electrons. The Bertz CT molecular complexity index is 714. The molecule has 0 aromatic heterocycles. The summed E-state index contributed by atoms with van der Waals surface area (Å²) in [6.45, 7) is 1.42. The number of rotatable bonds is 7. The summed E-state index contributed by atoms with van der Waals surface area (Å²) in [5.74, 6) is -0.416. The lowest BCUT2D eigenvalue weighted by Crippen LogP contribution is -2.29. The smallest absolute Gasteiger partial charge is 0.159 e. The molecule has 2 aromatic rings. The number of halogens is 1. The van der Waals surface area contributed by atoms with Gasteiger partial charge in [-0.1, -0.05) is 30.3 Å². The second-order valence-electron chi connectivity index (χ2n) is 5.30. The predicted molar refractivity (Wildman–Crippen MR) is 86.5 cm³/mol. The van der Waals surface area contributed by atoms with Gasteiger partial charge in [-0.15, -0.1) is 0 Å². The largest absolute Gasteiger partial charge is 0.491 e. The second kappa shape index (κ2) is 7.57. The predicted octanol–water partition coefficient (Wildman–Crippen LogP) is 2.74. The molecule has 2 rings (SSSR count). The van der Waals surface area contributed by atoms with Gasteiger partial charge in [-0.2, -0.15) is 0 Å². The average molecular weight is 338 g/mol. The minimum absolute atomic E-state index is 0.174. The highest BCUT2D eigenvalue weighted by atomic mass is 32.2. The lowest BCUT2D eigenvalue weighted by molar-refractivity contribution is 0.124. The van der Waals surface area contributed by atoms with Gasteiger partial charge in [-0.05, 0) is 36.8 Å². The lowest BCUT2D eigenvalue weighted by atomic mass is 10.2. The van der Waals surface area contributed by atoms with Crippen molar-refractivity contribution < 1.29 is 22.7 Å². The average Bonchev–Trinajstić information content (AvgIpc) is 2.54. The minimum atomic E-state index is -3.51. The van der Waals surface area contributed by atoms with E-state index in [-0.39, 0.29) is 6.61 Å². The number of hydrogen-bond acceptors (Lipinski definition) is 4. The maximum absolute atomic E-state index is 12.8. The molecule has 0 saturated carbocycles. The SMILES string of the molecule is CC(c1ccccc1)S(=O)(=O)CC(O)COc1ccc(F)cc1. The molecular formula is C17H19FO4S. The van der Waals surface area contributed by atoms with E-state index in [0.29, 0.717) is 11.3 Å². The highest BCUT2D eigenvalue weighted by Gasteiger charge is 2.26. The molecule has 6 heteroatoms. The topological polar surface area (TPSA) is 63.6 Å². The Morgan fingerprint density at radius 1 is 1.09 bits per heavy atom. The van der Waals surface area contributed by atoms with Crippen LogP contribution in [0, 0.1) is 5.82 Å². The van der Waals surface area contributed by atoms with E-state index in [1.807, 2.05) is 6.07 Å². The molecule has 2 aromatic carbocycles. The Kier molecular flexibility index (Phi) is 5.74. The van der Waals surface area contributed by atoms with E-state index in [0.717, 1.165) is 0 Å². The lowest BCUT2D eigenvalue weighted by Gasteiger charge is -2.17. The van der Waals surface area contributed by atoms with Gasteiger partial charge in [0.1, 0.15) is 24.3 Å². The van der Waals surface area contributed by atoms with E-state index in [1.54, 1.807) is 31.2 Å². The van der Waals surface area contributed by atoms with Crippen molar-refractivity contribution in [3.63, 3.8) is 0 Å². The van der Waals surface area contributed by atoms with Crippen LogP contribution in [0.4, 0.5) is 4.39 Å². The maximum Gasteiger partial charge on any atom is 0.159 e. The summed E-state index contributed by atoms with van der Waals surface area (Å²) in [5.41, 5.74) is 0.680. The van der Waals surface area contributed by atoms with E-state index in [1.165, 1.54) is 24.3 Å². The molecule has 2 unspecified atom stereocenters. The highest BCUT2D eigenvalue weighted by molar-refractivity contribution is 7.91. The van der Waals surface area contributed by atoms with Crippen molar-refractivity contribution in [2.45, 2.75) is 18.3 Å². The second-order valence-corrected chi connectivity index (χ2v) is 7.67. The van der Waals surface area contributed by atoms with Crippen LogP contribution < -0.4 is 4.74 Å². The van der Waals surface area contributed by atoms with Gasteiger partial charge in [0.15, 0.2) is 9.84 Å². The first-order valence-electron chi connectivity index (χ1n) is 7.21. The number of hydrogen-bond donors (Lipinski definition) is 1. The number of ether oxygens (including phenoxy) is 1. The zero-order valence-corrected chi connectivity index (χ0v) is 13.5. The van der Waals surface area contributed by atoms with Crippen molar-refractivity contribution in [2.75, 3.05) is 12.4 Å². The van der Waals surface area contributed by atoms with Gasteiger partial charge >= 0.3 is 0 Å². The summed E-state index contributed by atoms with van der Waals surface area (Å²) in [5, 5.41) is 9.21. The van der Waals surface area contributed by atoms with E-state index in [9.17, 15) is 17.9 Å². The molecular weight excluding hydrogens is 319 g/mol. The third-order valence-corrected chi connectivity index (χ3v) is 5.69. The Balaban J connectivity index is 1.93. The van der Waals surface area contributed by atoms with E-state index >= 15 is 0 Å². The molecule has 2 atom stereocenters. The number of aliphatic hydroxyl groups is 1. The molecule has 23 heavy (non-hydrogen) atoms. The summed E-state index contributed by atoms with van der Waals surface area (Å²) < 4.78 is 42.7. The van der Waals surface area contributed by atoms with Crippen molar-refractivity contribution >= 4 is 9.84 Å². The van der Waals surface area contributed by atoms with Gasteiger partial charge in [0, 0.05) is 0 Å². The van der Waals surface area contributed by atoms with E-state index < -0.39 is 32.8 Å². The van der Waals surface area contributed by atoms with Crippen LogP contribution in [0.1, 0.15) is 17.7 Å². The fourth-order valence-electron chi connectivity index (χ4n) is 2.12. The molecule has 1 N–H and O–H groups in total. The molecule has 0 aliphatic rings.